The molecule has 0 saturated carbocycles. The van der Waals surface area contributed by atoms with Gasteiger partial charge in [-0.1, -0.05) is 36.7 Å². The molecule has 0 radical (unpaired) electrons. The molecule has 0 unspecified atom stereocenters. The summed E-state index contributed by atoms with van der Waals surface area (Å²) in [7, 11) is 0. The lowest BCUT2D eigenvalue weighted by Crippen LogP contribution is -2.32. The van der Waals surface area contributed by atoms with Gasteiger partial charge in [0.1, 0.15) is 5.75 Å². The first kappa shape index (κ1) is 20.9. The molecule has 0 saturated heterocycles. The van der Waals surface area contributed by atoms with Crippen molar-refractivity contribution < 1.29 is 24.2 Å². The van der Waals surface area contributed by atoms with Gasteiger partial charge in [-0.15, -0.1) is 0 Å². The highest BCUT2D eigenvalue weighted by atomic mass is 35.5. The number of benzene rings is 2. The number of rotatable bonds is 7. The van der Waals surface area contributed by atoms with Gasteiger partial charge in [-0.2, -0.15) is 5.10 Å². The van der Waals surface area contributed by atoms with Crippen molar-refractivity contribution in [1.29, 1.82) is 0 Å². The first-order chi connectivity index (χ1) is 13.4. The van der Waals surface area contributed by atoms with Crippen LogP contribution in [0.25, 0.3) is 0 Å². The van der Waals surface area contributed by atoms with E-state index in [2.05, 4.69) is 15.8 Å². The number of nitrogens with zero attached hydrogens (tertiary/aromatic N) is 1. The summed E-state index contributed by atoms with van der Waals surface area (Å²) < 4.78 is 5.00. The fourth-order valence-electron chi connectivity index (χ4n) is 2.20. The molecule has 9 heteroatoms. The highest BCUT2D eigenvalue weighted by Crippen LogP contribution is 2.24. The molecular weight excluding hydrogens is 386 g/mol. The van der Waals surface area contributed by atoms with Gasteiger partial charge in [0.15, 0.2) is 6.61 Å². The van der Waals surface area contributed by atoms with Crippen molar-refractivity contribution in [3.8, 4) is 5.75 Å². The molecule has 2 aromatic rings. The van der Waals surface area contributed by atoms with Gasteiger partial charge in [-0.25, -0.2) is 10.2 Å². The molecule has 2 rings (SSSR count). The lowest BCUT2D eigenvalue weighted by Gasteiger charge is -2.08. The van der Waals surface area contributed by atoms with Gasteiger partial charge in [0, 0.05) is 5.69 Å². The molecule has 2 aromatic carbocycles. The van der Waals surface area contributed by atoms with Crippen molar-refractivity contribution in [2.24, 2.45) is 5.10 Å². The Bertz CT molecular complexity index is 914. The summed E-state index contributed by atoms with van der Waals surface area (Å²) in [5, 5.41) is 15.0. The number of carbonyl (C=O) groups excluding carboxylic acids is 2. The maximum Gasteiger partial charge on any atom is 0.341 e. The van der Waals surface area contributed by atoms with Crippen LogP contribution in [0.1, 0.15) is 18.1 Å². The molecule has 146 valence electrons. The number of halogens is 1. The molecule has 0 aliphatic heterocycles. The molecule has 0 aromatic heterocycles. The molecule has 0 fully saturated rings. The van der Waals surface area contributed by atoms with Crippen molar-refractivity contribution in [3.63, 3.8) is 0 Å². The zero-order chi connectivity index (χ0) is 20.5. The minimum Gasteiger partial charge on any atom is -0.480 e. The predicted molar refractivity (Wildman–Crippen MR) is 105 cm³/mol. The average molecular weight is 404 g/mol. The molecule has 0 aliphatic carbocycles. The van der Waals surface area contributed by atoms with Crippen LogP contribution in [0.15, 0.2) is 47.6 Å². The molecule has 3 N–H and O–H groups in total. The van der Waals surface area contributed by atoms with Crippen LogP contribution in [0.5, 0.6) is 5.75 Å². The molecular formula is C19H18ClN3O5. The number of ether oxygens (including phenoxy) is 1. The highest BCUT2D eigenvalue weighted by Gasteiger charge is 2.14. The Morgan fingerprint density at radius 3 is 2.61 bits per heavy atom. The maximum atomic E-state index is 12.0. The predicted octanol–water partition coefficient (Wildman–Crippen LogP) is 2.45. The number of amides is 2. The number of anilines is 1. The normalized spacial score (nSPS) is 10.5. The number of hydrogen-bond acceptors (Lipinski definition) is 5. The van der Waals surface area contributed by atoms with E-state index in [-0.39, 0.29) is 10.8 Å². The van der Waals surface area contributed by atoms with Crippen LogP contribution in [0.4, 0.5) is 5.69 Å². The summed E-state index contributed by atoms with van der Waals surface area (Å²) in [5.41, 5.74) is 4.12. The molecule has 28 heavy (non-hydrogen) atoms. The summed E-state index contributed by atoms with van der Waals surface area (Å²) >= 11 is 5.99. The summed E-state index contributed by atoms with van der Waals surface area (Å²) in [6.45, 7) is 1.43. The second-order valence-electron chi connectivity index (χ2n) is 5.54. The number of hydrogen-bond donors (Lipinski definition) is 3. The van der Waals surface area contributed by atoms with Crippen LogP contribution in [-0.2, 0) is 20.8 Å². The number of carbonyl (C=O) groups is 3. The van der Waals surface area contributed by atoms with E-state index < -0.39 is 24.4 Å². The van der Waals surface area contributed by atoms with Gasteiger partial charge in [0.05, 0.1) is 11.2 Å². The Morgan fingerprint density at radius 2 is 1.93 bits per heavy atom. The summed E-state index contributed by atoms with van der Waals surface area (Å²) in [6.07, 6.45) is 2.00. The van der Waals surface area contributed by atoms with Crippen molar-refractivity contribution in [2.45, 2.75) is 13.3 Å². The van der Waals surface area contributed by atoms with E-state index in [9.17, 15) is 14.4 Å². The van der Waals surface area contributed by atoms with Gasteiger partial charge in [0.2, 0.25) is 0 Å². The fraction of sp³-hybridized carbons (Fsp3) is 0.158. The number of hydrazone groups is 1. The summed E-state index contributed by atoms with van der Waals surface area (Å²) in [4.78, 5) is 34.3. The zero-order valence-corrected chi connectivity index (χ0v) is 15.7. The second-order valence-corrected chi connectivity index (χ2v) is 5.94. The minimum atomic E-state index is -1.12. The number of aryl methyl sites for hydroxylation is 1. The third-order valence-corrected chi connectivity index (χ3v) is 3.83. The van der Waals surface area contributed by atoms with Gasteiger partial charge in [0.25, 0.3) is 0 Å². The van der Waals surface area contributed by atoms with Crippen molar-refractivity contribution in [2.75, 3.05) is 11.9 Å². The van der Waals surface area contributed by atoms with Crippen molar-refractivity contribution >= 4 is 41.3 Å². The van der Waals surface area contributed by atoms with E-state index in [1.165, 1.54) is 18.3 Å². The minimum absolute atomic E-state index is 0.186. The number of para-hydroxylation sites is 1. The fourth-order valence-corrected chi connectivity index (χ4v) is 2.44. The molecule has 8 nitrogen and oxygen atoms in total. The third-order valence-electron chi connectivity index (χ3n) is 3.54. The first-order valence-electron chi connectivity index (χ1n) is 8.27. The zero-order valence-electron chi connectivity index (χ0n) is 14.9. The van der Waals surface area contributed by atoms with Crippen molar-refractivity contribution in [1.82, 2.24) is 5.43 Å². The van der Waals surface area contributed by atoms with Crippen molar-refractivity contribution in [3.05, 3.63) is 58.6 Å². The summed E-state index contributed by atoms with van der Waals surface area (Å²) in [5.74, 6) is -2.67. The molecule has 0 aliphatic rings. The highest BCUT2D eigenvalue weighted by molar-refractivity contribution is 6.39. The molecule has 0 heterocycles. The van der Waals surface area contributed by atoms with Crippen LogP contribution in [0.3, 0.4) is 0 Å². The Labute approximate surface area is 166 Å². The molecule has 2 amide bonds. The van der Waals surface area contributed by atoms with E-state index in [4.69, 9.17) is 21.4 Å². The Hall–Kier alpha value is -3.39. The lowest BCUT2D eigenvalue weighted by molar-refractivity contribution is -0.139. The van der Waals surface area contributed by atoms with E-state index >= 15 is 0 Å². The molecule has 0 atom stereocenters. The summed E-state index contributed by atoms with van der Waals surface area (Å²) in [6, 6.07) is 11.7. The maximum absolute atomic E-state index is 12.0. The van der Waals surface area contributed by atoms with E-state index in [0.29, 0.717) is 17.7 Å². The van der Waals surface area contributed by atoms with Gasteiger partial charge < -0.3 is 15.2 Å². The quantitative estimate of drug-likeness (QED) is 0.373. The third kappa shape index (κ3) is 6.10. The van der Waals surface area contributed by atoms with Crippen LogP contribution in [0.2, 0.25) is 5.02 Å². The first-order valence-corrected chi connectivity index (χ1v) is 8.65. The number of aliphatic carboxylic acids is 1. The van der Waals surface area contributed by atoms with Crippen LogP contribution >= 0.6 is 11.6 Å². The smallest absolute Gasteiger partial charge is 0.341 e. The van der Waals surface area contributed by atoms with Crippen LogP contribution in [-0.4, -0.2) is 35.7 Å². The second kappa shape index (κ2) is 10.1. The average Bonchev–Trinajstić information content (AvgIpc) is 2.67. The van der Waals surface area contributed by atoms with E-state index in [0.717, 1.165) is 5.56 Å². The van der Waals surface area contributed by atoms with E-state index in [1.807, 2.05) is 19.1 Å². The monoisotopic (exact) mass is 403 g/mol. The Kier molecular flexibility index (Phi) is 7.53. The SMILES string of the molecule is CCc1ccccc1NC(=O)C(=O)N/N=C\c1ccc(OCC(=O)O)c(Cl)c1. The number of carboxylic acid groups (broad SMARTS) is 1. The number of nitrogens with one attached hydrogen (secondary N) is 2. The largest absolute Gasteiger partial charge is 0.480 e. The standard InChI is InChI=1S/C19H18ClN3O5/c1-2-13-5-3-4-6-15(13)22-18(26)19(27)23-21-10-12-7-8-16(14(20)9-12)28-11-17(24)25/h3-10H,2,11H2,1H3,(H,22,26)(H,23,27)(H,24,25)/b21-10-. The topological polar surface area (TPSA) is 117 Å². The number of carboxylic acids is 1. The van der Waals surface area contributed by atoms with E-state index in [1.54, 1.807) is 18.2 Å². The Morgan fingerprint density at radius 1 is 1.18 bits per heavy atom. The molecule has 0 bridgehead atoms. The van der Waals surface area contributed by atoms with Crippen LogP contribution < -0.4 is 15.5 Å². The van der Waals surface area contributed by atoms with Gasteiger partial charge >= 0.3 is 17.8 Å². The lowest BCUT2D eigenvalue weighted by atomic mass is 10.1. The van der Waals surface area contributed by atoms with Crippen LogP contribution in [0, 0.1) is 0 Å². The van der Waals surface area contributed by atoms with Gasteiger partial charge in [-0.05, 0) is 41.8 Å². The van der Waals surface area contributed by atoms with Gasteiger partial charge in [-0.3, -0.25) is 9.59 Å². The Balaban J connectivity index is 1.92. The molecule has 0 spiro atoms.